The third-order valence-corrected chi connectivity index (χ3v) is 3.61. The van der Waals surface area contributed by atoms with Gasteiger partial charge in [-0.05, 0) is 55.1 Å². The molecule has 1 aliphatic rings. The van der Waals surface area contributed by atoms with Crippen molar-refractivity contribution < 1.29 is 9.13 Å². The van der Waals surface area contributed by atoms with Crippen molar-refractivity contribution in [1.82, 2.24) is 5.32 Å². The maximum Gasteiger partial charge on any atom is 0.124 e. The Morgan fingerprint density at radius 2 is 2.26 bits per heavy atom. The van der Waals surface area contributed by atoms with Crippen LogP contribution in [0.1, 0.15) is 37.8 Å². The largest absolute Gasteiger partial charge is 0.501 e. The Balaban J connectivity index is 2.27. The molecule has 2 nitrogen and oxygen atoms in total. The predicted molar refractivity (Wildman–Crippen MR) is 78.4 cm³/mol. The second kappa shape index (κ2) is 7.06. The molecule has 0 radical (unpaired) electrons. The molecule has 1 aromatic carbocycles. The van der Waals surface area contributed by atoms with Crippen molar-refractivity contribution in [3.05, 3.63) is 45.9 Å². The van der Waals surface area contributed by atoms with Gasteiger partial charge in [0.2, 0.25) is 0 Å². The van der Waals surface area contributed by atoms with Crippen LogP contribution in [0.15, 0.2) is 34.5 Å². The molecule has 1 atom stereocenters. The first-order chi connectivity index (χ1) is 9.20. The van der Waals surface area contributed by atoms with Crippen LogP contribution in [-0.2, 0) is 4.74 Å². The first kappa shape index (κ1) is 14.5. The maximum absolute atomic E-state index is 13.6. The smallest absolute Gasteiger partial charge is 0.124 e. The van der Waals surface area contributed by atoms with Crippen LogP contribution in [0.2, 0.25) is 0 Å². The molecule has 4 heteroatoms. The Morgan fingerprint density at radius 1 is 1.42 bits per heavy atom. The van der Waals surface area contributed by atoms with Gasteiger partial charge in [-0.15, -0.1) is 0 Å². The lowest BCUT2D eigenvalue weighted by Crippen LogP contribution is -2.25. The van der Waals surface area contributed by atoms with E-state index < -0.39 is 0 Å². The Labute approximate surface area is 122 Å². The fourth-order valence-corrected chi connectivity index (χ4v) is 2.77. The molecule has 0 spiro atoms. The summed E-state index contributed by atoms with van der Waals surface area (Å²) in [5.41, 5.74) is 2.13. The van der Waals surface area contributed by atoms with Crippen molar-refractivity contribution in [1.29, 1.82) is 0 Å². The monoisotopic (exact) mass is 327 g/mol. The third kappa shape index (κ3) is 4.05. The van der Waals surface area contributed by atoms with Gasteiger partial charge in [0, 0.05) is 4.47 Å². The normalized spacial score (nSPS) is 16.7. The first-order valence-electron chi connectivity index (χ1n) is 6.70. The summed E-state index contributed by atoms with van der Waals surface area (Å²) in [5.74, 6) is -0.218. The lowest BCUT2D eigenvalue weighted by Gasteiger charge is -2.25. The molecular formula is C15H19BrFNO. The van der Waals surface area contributed by atoms with Gasteiger partial charge >= 0.3 is 0 Å². The van der Waals surface area contributed by atoms with Gasteiger partial charge < -0.3 is 10.1 Å². The van der Waals surface area contributed by atoms with E-state index in [0.29, 0.717) is 0 Å². The van der Waals surface area contributed by atoms with Crippen molar-refractivity contribution in [3.8, 4) is 0 Å². The number of benzene rings is 1. The maximum atomic E-state index is 13.6. The zero-order valence-electron chi connectivity index (χ0n) is 11.1. The fraction of sp³-hybridized carbons (Fsp3) is 0.467. The quantitative estimate of drug-likeness (QED) is 0.869. The zero-order chi connectivity index (χ0) is 13.7. The van der Waals surface area contributed by atoms with E-state index >= 15 is 0 Å². The zero-order valence-corrected chi connectivity index (χ0v) is 12.7. The molecule has 1 heterocycles. The Bertz CT molecular complexity index is 441. The van der Waals surface area contributed by atoms with Gasteiger partial charge in [-0.3, -0.25) is 0 Å². The van der Waals surface area contributed by atoms with Crippen molar-refractivity contribution in [3.63, 3.8) is 0 Å². The summed E-state index contributed by atoms with van der Waals surface area (Å²) in [4.78, 5) is 0. The van der Waals surface area contributed by atoms with E-state index in [-0.39, 0.29) is 11.9 Å². The molecule has 1 aromatic rings. The van der Waals surface area contributed by atoms with Crippen molar-refractivity contribution in [2.45, 2.75) is 32.2 Å². The highest BCUT2D eigenvalue weighted by molar-refractivity contribution is 9.10. The molecule has 1 aliphatic heterocycles. The average Bonchev–Trinajstić information content (AvgIpc) is 2.39. The SMILES string of the molecule is CCCNC(C1=COCCC1)c1cc(F)cc(Br)c1. The molecule has 104 valence electrons. The van der Waals surface area contributed by atoms with Crippen molar-refractivity contribution in [2.24, 2.45) is 0 Å². The summed E-state index contributed by atoms with van der Waals surface area (Å²) >= 11 is 3.35. The average molecular weight is 328 g/mol. The summed E-state index contributed by atoms with van der Waals surface area (Å²) in [7, 11) is 0. The number of ether oxygens (including phenoxy) is 1. The summed E-state index contributed by atoms with van der Waals surface area (Å²) in [6.45, 7) is 3.80. The number of halogens is 2. The van der Waals surface area contributed by atoms with Crippen LogP contribution in [-0.4, -0.2) is 13.2 Å². The van der Waals surface area contributed by atoms with Gasteiger partial charge in [-0.1, -0.05) is 22.9 Å². The molecule has 0 saturated heterocycles. The van der Waals surface area contributed by atoms with Gasteiger partial charge in [-0.2, -0.15) is 0 Å². The summed E-state index contributed by atoms with van der Waals surface area (Å²) in [5, 5.41) is 3.47. The van der Waals surface area contributed by atoms with Crippen LogP contribution in [0.25, 0.3) is 0 Å². The third-order valence-electron chi connectivity index (χ3n) is 3.15. The minimum atomic E-state index is -0.218. The number of rotatable bonds is 5. The number of nitrogens with one attached hydrogen (secondary N) is 1. The summed E-state index contributed by atoms with van der Waals surface area (Å²) in [6.07, 6.45) is 4.89. The Morgan fingerprint density at radius 3 is 2.89 bits per heavy atom. The summed E-state index contributed by atoms with van der Waals surface area (Å²) in [6, 6.07) is 5.07. The van der Waals surface area contributed by atoms with E-state index in [0.717, 1.165) is 42.5 Å². The van der Waals surface area contributed by atoms with Crippen LogP contribution >= 0.6 is 15.9 Å². The van der Waals surface area contributed by atoms with E-state index in [4.69, 9.17) is 4.74 Å². The minimum absolute atomic E-state index is 0.0345. The molecule has 0 bridgehead atoms. The first-order valence-corrected chi connectivity index (χ1v) is 7.50. The molecule has 0 aliphatic carbocycles. The molecule has 0 amide bonds. The molecular weight excluding hydrogens is 309 g/mol. The second-order valence-corrected chi connectivity index (χ2v) is 5.67. The van der Waals surface area contributed by atoms with Gasteiger partial charge in [0.1, 0.15) is 5.82 Å². The van der Waals surface area contributed by atoms with E-state index in [2.05, 4.69) is 28.2 Å². The standard InChI is InChI=1S/C15H19BrFNO/c1-2-5-18-15(11-4-3-6-19-10-11)12-7-13(16)9-14(17)8-12/h7-10,15,18H,2-6H2,1H3. The minimum Gasteiger partial charge on any atom is -0.501 e. The number of hydrogen-bond acceptors (Lipinski definition) is 2. The van der Waals surface area contributed by atoms with Crippen LogP contribution in [0, 0.1) is 5.82 Å². The van der Waals surface area contributed by atoms with Crippen LogP contribution in [0.4, 0.5) is 4.39 Å². The van der Waals surface area contributed by atoms with Crippen molar-refractivity contribution >= 4 is 15.9 Å². The van der Waals surface area contributed by atoms with E-state index in [1.165, 1.54) is 11.6 Å². The molecule has 0 fully saturated rings. The van der Waals surface area contributed by atoms with Crippen molar-refractivity contribution in [2.75, 3.05) is 13.2 Å². The molecule has 0 saturated carbocycles. The molecule has 2 rings (SSSR count). The second-order valence-electron chi connectivity index (χ2n) is 4.76. The Kier molecular flexibility index (Phi) is 5.40. The lowest BCUT2D eigenvalue weighted by molar-refractivity contribution is 0.219. The van der Waals surface area contributed by atoms with E-state index in [1.54, 1.807) is 6.07 Å². The highest BCUT2D eigenvalue weighted by atomic mass is 79.9. The fourth-order valence-electron chi connectivity index (χ4n) is 2.29. The molecule has 1 N–H and O–H groups in total. The predicted octanol–water partition coefficient (Wildman–Crippen LogP) is 4.32. The Hall–Kier alpha value is -0.870. The van der Waals surface area contributed by atoms with E-state index in [9.17, 15) is 4.39 Å². The van der Waals surface area contributed by atoms with E-state index in [1.807, 2.05) is 12.3 Å². The van der Waals surface area contributed by atoms with Gasteiger partial charge in [0.05, 0.1) is 18.9 Å². The highest BCUT2D eigenvalue weighted by Gasteiger charge is 2.19. The lowest BCUT2D eigenvalue weighted by atomic mass is 9.95. The number of hydrogen-bond donors (Lipinski definition) is 1. The van der Waals surface area contributed by atoms with Crippen LogP contribution < -0.4 is 5.32 Å². The topological polar surface area (TPSA) is 21.3 Å². The van der Waals surface area contributed by atoms with Gasteiger partial charge in [-0.25, -0.2) is 4.39 Å². The van der Waals surface area contributed by atoms with Gasteiger partial charge in [0.15, 0.2) is 0 Å². The molecule has 0 aromatic heterocycles. The molecule has 1 unspecified atom stereocenters. The van der Waals surface area contributed by atoms with Gasteiger partial charge in [0.25, 0.3) is 0 Å². The molecule has 19 heavy (non-hydrogen) atoms. The summed E-state index contributed by atoms with van der Waals surface area (Å²) < 4.78 is 19.8. The van der Waals surface area contributed by atoms with Crippen LogP contribution in [0.5, 0.6) is 0 Å². The van der Waals surface area contributed by atoms with Crippen LogP contribution in [0.3, 0.4) is 0 Å². The highest BCUT2D eigenvalue weighted by Crippen LogP contribution is 2.30.